The lowest BCUT2D eigenvalue weighted by Gasteiger charge is -2.19. The van der Waals surface area contributed by atoms with Gasteiger partial charge < -0.3 is 15.1 Å². The zero-order valence-corrected chi connectivity index (χ0v) is 17.3. The summed E-state index contributed by atoms with van der Waals surface area (Å²) in [6, 6.07) is 5.67. The maximum atomic E-state index is 13.6. The van der Waals surface area contributed by atoms with Crippen molar-refractivity contribution in [2.75, 3.05) is 17.2 Å². The average Bonchev–Trinajstić information content (AvgIpc) is 3.39. The van der Waals surface area contributed by atoms with E-state index in [0.717, 1.165) is 23.8 Å². The number of anilines is 2. The molecule has 33 heavy (non-hydrogen) atoms. The number of hydrogen-bond donors (Lipinski definition) is 2. The average molecular weight is 463 g/mol. The minimum atomic E-state index is -4.84. The summed E-state index contributed by atoms with van der Waals surface area (Å²) in [5, 5.41) is 4.43. The molecular formula is C22H20F3N3O5. The van der Waals surface area contributed by atoms with Crippen LogP contribution < -0.4 is 10.6 Å². The SMILES string of the molecule is O=C(CN1C(=O)C2CCCCC2C1=O)Nc1ccc(NC(=O)c2ccco2)cc1C(F)(F)F. The molecule has 11 heteroatoms. The first-order valence-corrected chi connectivity index (χ1v) is 10.4. The van der Waals surface area contributed by atoms with Crippen LogP contribution in [0.2, 0.25) is 0 Å². The summed E-state index contributed by atoms with van der Waals surface area (Å²) in [4.78, 5) is 50.3. The number of carbonyl (C=O) groups is 4. The van der Waals surface area contributed by atoms with Crippen molar-refractivity contribution >= 4 is 35.0 Å². The van der Waals surface area contributed by atoms with E-state index in [9.17, 15) is 32.3 Å². The molecule has 174 valence electrons. The van der Waals surface area contributed by atoms with Crippen LogP contribution in [0, 0.1) is 11.8 Å². The molecule has 1 saturated carbocycles. The van der Waals surface area contributed by atoms with Gasteiger partial charge in [-0.05, 0) is 43.2 Å². The predicted octanol–water partition coefficient (Wildman–Crippen LogP) is 3.66. The second-order valence-corrected chi connectivity index (χ2v) is 8.00. The third kappa shape index (κ3) is 4.62. The summed E-state index contributed by atoms with van der Waals surface area (Å²) in [6.07, 6.45) is -0.828. The minimum absolute atomic E-state index is 0.0820. The Morgan fingerprint density at radius 2 is 1.70 bits per heavy atom. The fraction of sp³-hybridized carbons (Fsp3) is 0.364. The van der Waals surface area contributed by atoms with E-state index < -0.39 is 59.4 Å². The van der Waals surface area contributed by atoms with Crippen molar-refractivity contribution < 1.29 is 36.8 Å². The fourth-order valence-corrected chi connectivity index (χ4v) is 4.29. The van der Waals surface area contributed by atoms with E-state index in [-0.39, 0.29) is 11.4 Å². The number of nitrogens with one attached hydrogen (secondary N) is 2. The summed E-state index contributed by atoms with van der Waals surface area (Å²) in [7, 11) is 0. The Morgan fingerprint density at radius 1 is 1.03 bits per heavy atom. The summed E-state index contributed by atoms with van der Waals surface area (Å²) >= 11 is 0. The summed E-state index contributed by atoms with van der Waals surface area (Å²) < 4.78 is 45.8. The van der Waals surface area contributed by atoms with Gasteiger partial charge in [-0.1, -0.05) is 12.8 Å². The van der Waals surface area contributed by atoms with Crippen molar-refractivity contribution in [1.29, 1.82) is 0 Å². The molecule has 8 nitrogen and oxygen atoms in total. The van der Waals surface area contributed by atoms with E-state index in [1.165, 1.54) is 24.5 Å². The Labute approximate surface area is 186 Å². The van der Waals surface area contributed by atoms with Crippen LogP contribution in [0.4, 0.5) is 24.5 Å². The third-order valence-corrected chi connectivity index (χ3v) is 5.84. The number of likely N-dealkylation sites (tertiary alicyclic amines) is 1. The quantitative estimate of drug-likeness (QED) is 0.658. The van der Waals surface area contributed by atoms with E-state index in [1.54, 1.807) is 0 Å². The first-order chi connectivity index (χ1) is 15.6. The predicted molar refractivity (Wildman–Crippen MR) is 109 cm³/mol. The van der Waals surface area contributed by atoms with Crippen molar-refractivity contribution in [2.45, 2.75) is 31.9 Å². The zero-order valence-electron chi connectivity index (χ0n) is 17.3. The first kappa shape index (κ1) is 22.6. The van der Waals surface area contributed by atoms with Crippen molar-refractivity contribution in [3.8, 4) is 0 Å². The van der Waals surface area contributed by atoms with Gasteiger partial charge in [-0.2, -0.15) is 13.2 Å². The molecule has 1 saturated heterocycles. The van der Waals surface area contributed by atoms with Crippen LogP contribution in [-0.2, 0) is 20.6 Å². The second kappa shape index (κ2) is 8.72. The molecule has 1 aliphatic carbocycles. The normalized spacial score (nSPS) is 20.5. The molecule has 1 aromatic heterocycles. The number of rotatable bonds is 5. The molecule has 2 atom stereocenters. The van der Waals surface area contributed by atoms with Crippen LogP contribution in [0.1, 0.15) is 41.8 Å². The van der Waals surface area contributed by atoms with Crippen LogP contribution in [0.5, 0.6) is 0 Å². The Balaban J connectivity index is 1.49. The first-order valence-electron chi connectivity index (χ1n) is 10.4. The maximum absolute atomic E-state index is 13.6. The van der Waals surface area contributed by atoms with Gasteiger partial charge in [0.1, 0.15) is 6.54 Å². The Hall–Kier alpha value is -3.63. The minimum Gasteiger partial charge on any atom is -0.459 e. The van der Waals surface area contributed by atoms with Crippen LogP contribution in [-0.4, -0.2) is 35.1 Å². The van der Waals surface area contributed by atoms with Gasteiger partial charge in [0, 0.05) is 5.69 Å². The number of nitrogens with zero attached hydrogens (tertiary/aromatic N) is 1. The van der Waals surface area contributed by atoms with E-state index in [4.69, 9.17) is 4.42 Å². The maximum Gasteiger partial charge on any atom is 0.418 e. The molecule has 1 aromatic carbocycles. The third-order valence-electron chi connectivity index (χ3n) is 5.84. The molecule has 0 radical (unpaired) electrons. The number of carbonyl (C=O) groups excluding carboxylic acids is 4. The van der Waals surface area contributed by atoms with Crippen LogP contribution in [0.3, 0.4) is 0 Å². The largest absolute Gasteiger partial charge is 0.459 e. The molecule has 2 aromatic rings. The Morgan fingerprint density at radius 3 is 2.27 bits per heavy atom. The van der Waals surface area contributed by atoms with Crippen molar-refractivity contribution in [1.82, 2.24) is 4.90 Å². The molecule has 2 N–H and O–H groups in total. The van der Waals surface area contributed by atoms with Crippen LogP contribution in [0.15, 0.2) is 41.0 Å². The van der Waals surface area contributed by atoms with E-state index >= 15 is 0 Å². The number of imide groups is 1. The van der Waals surface area contributed by atoms with Gasteiger partial charge in [-0.15, -0.1) is 0 Å². The Bertz CT molecular complexity index is 1070. The van der Waals surface area contributed by atoms with Crippen LogP contribution >= 0.6 is 0 Å². The highest BCUT2D eigenvalue weighted by Crippen LogP contribution is 2.39. The fourth-order valence-electron chi connectivity index (χ4n) is 4.29. The number of hydrogen-bond acceptors (Lipinski definition) is 5. The van der Waals surface area contributed by atoms with Crippen molar-refractivity contribution in [3.63, 3.8) is 0 Å². The standard InChI is InChI=1S/C22H20F3N3O5/c23-22(24,25)15-10-12(26-19(30)17-6-3-9-33-17)7-8-16(15)27-18(29)11-28-20(31)13-4-1-2-5-14(13)21(28)32/h3,6-10,13-14H,1-2,4-5,11H2,(H,26,30)(H,27,29). The monoisotopic (exact) mass is 463 g/mol. The second-order valence-electron chi connectivity index (χ2n) is 8.00. The van der Waals surface area contributed by atoms with E-state index in [2.05, 4.69) is 10.6 Å². The van der Waals surface area contributed by atoms with Gasteiger partial charge >= 0.3 is 6.18 Å². The van der Waals surface area contributed by atoms with Gasteiger partial charge in [-0.25, -0.2) is 0 Å². The van der Waals surface area contributed by atoms with Gasteiger partial charge in [0.15, 0.2) is 5.76 Å². The number of fused-ring (bicyclic) bond motifs is 1. The smallest absolute Gasteiger partial charge is 0.418 e. The number of furan rings is 1. The van der Waals surface area contributed by atoms with Gasteiger partial charge in [0.2, 0.25) is 17.7 Å². The lowest BCUT2D eigenvalue weighted by atomic mass is 9.81. The molecule has 2 aliphatic rings. The van der Waals surface area contributed by atoms with Gasteiger partial charge in [-0.3, -0.25) is 24.1 Å². The molecule has 4 rings (SSSR count). The lowest BCUT2D eigenvalue weighted by molar-refractivity contribution is -0.143. The number of halogens is 3. The molecule has 2 heterocycles. The number of benzene rings is 1. The summed E-state index contributed by atoms with van der Waals surface area (Å²) in [5.41, 5.74) is -1.91. The van der Waals surface area contributed by atoms with Gasteiger partial charge in [0.25, 0.3) is 5.91 Å². The van der Waals surface area contributed by atoms with Crippen molar-refractivity contribution in [3.05, 3.63) is 47.9 Å². The number of amides is 4. The van der Waals surface area contributed by atoms with E-state index in [0.29, 0.717) is 18.9 Å². The summed E-state index contributed by atoms with van der Waals surface area (Å²) in [5.74, 6) is -3.56. The topological polar surface area (TPSA) is 109 Å². The molecule has 1 aliphatic heterocycles. The highest BCUT2D eigenvalue weighted by molar-refractivity contribution is 6.09. The molecule has 2 unspecified atom stereocenters. The highest BCUT2D eigenvalue weighted by atomic mass is 19.4. The highest BCUT2D eigenvalue weighted by Gasteiger charge is 2.48. The van der Waals surface area contributed by atoms with E-state index in [1.807, 2.05) is 0 Å². The molecule has 0 bridgehead atoms. The molecular weight excluding hydrogens is 443 g/mol. The summed E-state index contributed by atoms with van der Waals surface area (Å²) in [6.45, 7) is -0.654. The molecule has 2 fully saturated rings. The Kier molecular flexibility index (Phi) is 5.96. The zero-order chi connectivity index (χ0) is 23.8. The molecule has 4 amide bonds. The lowest BCUT2D eigenvalue weighted by Crippen LogP contribution is -2.38. The number of alkyl halides is 3. The van der Waals surface area contributed by atoms with Gasteiger partial charge in [0.05, 0.1) is 29.3 Å². The molecule has 0 spiro atoms. The van der Waals surface area contributed by atoms with Crippen LogP contribution in [0.25, 0.3) is 0 Å². The van der Waals surface area contributed by atoms with Crippen molar-refractivity contribution in [2.24, 2.45) is 11.8 Å².